The number of anilines is 2. The van der Waals surface area contributed by atoms with Crippen molar-refractivity contribution in [3.63, 3.8) is 0 Å². The first-order valence-corrected chi connectivity index (χ1v) is 10.8. The molecule has 0 saturated carbocycles. The average molecular weight is 434 g/mol. The van der Waals surface area contributed by atoms with Gasteiger partial charge in [0.1, 0.15) is 12.3 Å². The zero-order valence-electron chi connectivity index (χ0n) is 14.9. The molecule has 0 heterocycles. The van der Waals surface area contributed by atoms with Crippen LogP contribution in [0.2, 0.25) is 0 Å². The number of nitrogens with one attached hydrogen (secondary N) is 1. The fraction of sp³-hybridized carbons (Fsp3) is 0.235. The Morgan fingerprint density at radius 1 is 1.18 bits per heavy atom. The molecule has 28 heavy (non-hydrogen) atoms. The van der Waals surface area contributed by atoms with Gasteiger partial charge in [-0.05, 0) is 48.7 Å². The van der Waals surface area contributed by atoms with E-state index in [0.29, 0.717) is 5.69 Å². The van der Waals surface area contributed by atoms with E-state index in [0.717, 1.165) is 27.6 Å². The van der Waals surface area contributed by atoms with E-state index in [1.807, 2.05) is 6.26 Å². The number of hydrogen-bond donors (Lipinski definition) is 1. The van der Waals surface area contributed by atoms with Crippen LogP contribution < -0.4 is 14.4 Å². The van der Waals surface area contributed by atoms with Crippen LogP contribution in [0, 0.1) is 0 Å². The van der Waals surface area contributed by atoms with Crippen LogP contribution in [0.25, 0.3) is 0 Å². The van der Waals surface area contributed by atoms with E-state index in [4.69, 9.17) is 0 Å². The van der Waals surface area contributed by atoms with Crippen LogP contribution in [-0.2, 0) is 14.8 Å². The van der Waals surface area contributed by atoms with Crippen LogP contribution in [0.4, 0.5) is 24.5 Å². The summed E-state index contributed by atoms with van der Waals surface area (Å²) in [6.07, 6.45) is -2.00. The number of halogens is 3. The molecule has 0 aliphatic rings. The minimum Gasteiger partial charge on any atom is -0.406 e. The summed E-state index contributed by atoms with van der Waals surface area (Å²) in [7, 11) is -3.74. The van der Waals surface area contributed by atoms with E-state index in [1.54, 1.807) is 24.3 Å². The largest absolute Gasteiger partial charge is 0.573 e. The quantitative estimate of drug-likeness (QED) is 0.673. The summed E-state index contributed by atoms with van der Waals surface area (Å²) in [5, 5.41) is 2.45. The molecule has 0 atom stereocenters. The second-order valence-electron chi connectivity index (χ2n) is 5.59. The number of carbonyl (C=O) groups is 1. The van der Waals surface area contributed by atoms with Crippen LogP contribution in [0.1, 0.15) is 0 Å². The number of carbonyl (C=O) groups excluding carboxylic acids is 1. The molecule has 0 unspecified atom stereocenters. The maximum atomic E-state index is 12.3. The minimum atomic E-state index is -4.81. The summed E-state index contributed by atoms with van der Waals surface area (Å²) in [6, 6.07) is 11.2. The highest BCUT2D eigenvalue weighted by Crippen LogP contribution is 2.25. The minimum absolute atomic E-state index is 0.200. The monoisotopic (exact) mass is 434 g/mol. The zero-order chi connectivity index (χ0) is 20.9. The second kappa shape index (κ2) is 8.74. The van der Waals surface area contributed by atoms with Crippen molar-refractivity contribution in [3.05, 3.63) is 48.5 Å². The van der Waals surface area contributed by atoms with Crippen molar-refractivity contribution in [1.29, 1.82) is 0 Å². The van der Waals surface area contributed by atoms with Gasteiger partial charge >= 0.3 is 6.36 Å². The fourth-order valence-corrected chi connectivity index (χ4v) is 3.54. The molecule has 0 radical (unpaired) electrons. The molecule has 0 saturated heterocycles. The first-order valence-electron chi connectivity index (χ1n) is 7.75. The number of nitrogens with zero attached hydrogens (tertiary/aromatic N) is 1. The van der Waals surface area contributed by atoms with Gasteiger partial charge in [0.15, 0.2) is 0 Å². The van der Waals surface area contributed by atoms with E-state index in [1.165, 1.54) is 23.9 Å². The maximum absolute atomic E-state index is 12.3. The van der Waals surface area contributed by atoms with Crippen molar-refractivity contribution >= 4 is 39.1 Å². The molecule has 0 aliphatic carbocycles. The normalized spacial score (nSPS) is 11.8. The third-order valence-electron chi connectivity index (χ3n) is 3.40. The highest BCUT2D eigenvalue weighted by atomic mass is 32.2. The second-order valence-corrected chi connectivity index (χ2v) is 8.38. The first-order chi connectivity index (χ1) is 13.0. The summed E-state index contributed by atoms with van der Waals surface area (Å²) >= 11 is 1.42. The van der Waals surface area contributed by atoms with Gasteiger partial charge in [-0.25, -0.2) is 8.42 Å². The lowest BCUT2D eigenvalue weighted by atomic mass is 10.3. The standard InChI is InChI=1S/C17H17F3N2O4S2/c1-27-15-5-3-4-13(10-15)22(28(2,24)25)11-16(23)21-12-6-8-14(9-7-12)26-17(18,19)20/h3-10H,11H2,1-2H3,(H,21,23). The number of sulfonamides is 1. The molecule has 2 aromatic carbocycles. The van der Waals surface area contributed by atoms with Gasteiger partial charge in [-0.1, -0.05) is 6.07 Å². The molecular formula is C17H17F3N2O4S2. The highest BCUT2D eigenvalue weighted by molar-refractivity contribution is 7.98. The van der Waals surface area contributed by atoms with Gasteiger partial charge < -0.3 is 10.1 Å². The third kappa shape index (κ3) is 6.64. The maximum Gasteiger partial charge on any atom is 0.573 e. The van der Waals surface area contributed by atoms with Gasteiger partial charge in [-0.15, -0.1) is 24.9 Å². The van der Waals surface area contributed by atoms with Crippen molar-refractivity contribution in [1.82, 2.24) is 0 Å². The topological polar surface area (TPSA) is 75.7 Å². The summed E-state index contributed by atoms with van der Waals surface area (Å²) in [5.41, 5.74) is 0.532. The molecule has 0 aliphatic heterocycles. The van der Waals surface area contributed by atoms with Crippen LogP contribution in [0.15, 0.2) is 53.4 Å². The van der Waals surface area contributed by atoms with Crippen LogP contribution in [-0.4, -0.2) is 39.7 Å². The van der Waals surface area contributed by atoms with E-state index in [9.17, 15) is 26.4 Å². The zero-order valence-corrected chi connectivity index (χ0v) is 16.5. The molecule has 0 spiro atoms. The van der Waals surface area contributed by atoms with Crippen LogP contribution in [0.3, 0.4) is 0 Å². The molecule has 1 amide bonds. The predicted molar refractivity (Wildman–Crippen MR) is 102 cm³/mol. The van der Waals surface area contributed by atoms with E-state index < -0.39 is 34.6 Å². The Balaban J connectivity index is 2.12. The Hall–Kier alpha value is -2.40. The van der Waals surface area contributed by atoms with Crippen molar-refractivity contribution in [2.24, 2.45) is 0 Å². The first kappa shape index (κ1) is 21.9. The van der Waals surface area contributed by atoms with Gasteiger partial charge in [0.2, 0.25) is 15.9 Å². The molecule has 11 heteroatoms. The molecule has 152 valence electrons. The molecule has 1 N–H and O–H groups in total. The Morgan fingerprint density at radius 2 is 1.82 bits per heavy atom. The Labute approximate surface area is 164 Å². The van der Waals surface area contributed by atoms with Gasteiger partial charge in [-0.3, -0.25) is 9.10 Å². The number of ether oxygens (including phenoxy) is 1. The molecule has 0 fully saturated rings. The Kier molecular flexibility index (Phi) is 6.83. The summed E-state index contributed by atoms with van der Waals surface area (Å²) in [4.78, 5) is 13.1. The number of thioether (sulfide) groups is 1. The van der Waals surface area contributed by atoms with Gasteiger partial charge in [0.05, 0.1) is 11.9 Å². The number of amides is 1. The van der Waals surface area contributed by atoms with Crippen LogP contribution >= 0.6 is 11.8 Å². The summed E-state index contributed by atoms with van der Waals surface area (Å²) < 4.78 is 65.4. The van der Waals surface area contributed by atoms with Crippen molar-refractivity contribution in [2.45, 2.75) is 11.3 Å². The summed E-state index contributed by atoms with van der Waals surface area (Å²) in [6.45, 7) is -0.489. The van der Waals surface area contributed by atoms with E-state index in [2.05, 4.69) is 10.1 Å². The Bertz CT molecular complexity index is 932. The average Bonchev–Trinajstić information content (AvgIpc) is 2.59. The number of benzene rings is 2. The van der Waals surface area contributed by atoms with Crippen molar-refractivity contribution < 1.29 is 31.1 Å². The van der Waals surface area contributed by atoms with E-state index >= 15 is 0 Å². The highest BCUT2D eigenvalue weighted by Gasteiger charge is 2.31. The lowest BCUT2D eigenvalue weighted by Gasteiger charge is -2.22. The van der Waals surface area contributed by atoms with Crippen molar-refractivity contribution in [2.75, 3.05) is 28.7 Å². The molecule has 0 aromatic heterocycles. The molecule has 2 aromatic rings. The van der Waals surface area contributed by atoms with Crippen molar-refractivity contribution in [3.8, 4) is 5.75 Å². The fourth-order valence-electron chi connectivity index (χ4n) is 2.24. The lowest BCUT2D eigenvalue weighted by molar-refractivity contribution is -0.274. The van der Waals surface area contributed by atoms with Gasteiger partial charge in [0, 0.05) is 10.6 Å². The molecule has 0 bridgehead atoms. The summed E-state index contributed by atoms with van der Waals surface area (Å²) in [5.74, 6) is -1.08. The lowest BCUT2D eigenvalue weighted by Crippen LogP contribution is -2.37. The number of rotatable bonds is 7. The third-order valence-corrected chi connectivity index (χ3v) is 5.27. The molecule has 2 rings (SSSR count). The SMILES string of the molecule is CSc1cccc(N(CC(=O)Nc2ccc(OC(F)(F)F)cc2)S(C)(=O)=O)c1. The van der Waals surface area contributed by atoms with Gasteiger partial charge in [0.25, 0.3) is 0 Å². The van der Waals surface area contributed by atoms with Crippen LogP contribution in [0.5, 0.6) is 5.75 Å². The predicted octanol–water partition coefficient (Wildman–Crippen LogP) is 3.71. The van der Waals surface area contributed by atoms with Gasteiger partial charge in [-0.2, -0.15) is 0 Å². The number of hydrogen-bond acceptors (Lipinski definition) is 5. The van der Waals surface area contributed by atoms with E-state index in [-0.39, 0.29) is 5.69 Å². The molecule has 6 nitrogen and oxygen atoms in total. The Morgan fingerprint density at radius 3 is 2.36 bits per heavy atom. The number of alkyl halides is 3. The smallest absolute Gasteiger partial charge is 0.406 e. The molecular weight excluding hydrogens is 417 g/mol.